The number of halogens is 1. The van der Waals surface area contributed by atoms with Crippen LogP contribution >= 0.6 is 11.6 Å². The SMILES string of the molecule is O=C1[C@@H]2[C@H](C(=O)N1c1ccc(Cl)cc1)[C@H](c1ccccc1)CC[C@@H]2c1ccccc1. The molecule has 0 spiro atoms. The van der Waals surface area contributed by atoms with Crippen molar-refractivity contribution in [1.82, 2.24) is 0 Å². The van der Waals surface area contributed by atoms with Crippen molar-refractivity contribution >= 4 is 29.1 Å². The van der Waals surface area contributed by atoms with Crippen molar-refractivity contribution in [2.45, 2.75) is 24.7 Å². The molecule has 1 heterocycles. The first-order chi connectivity index (χ1) is 14.6. The highest BCUT2D eigenvalue weighted by atomic mass is 35.5. The van der Waals surface area contributed by atoms with E-state index in [2.05, 4.69) is 24.3 Å². The number of fused-ring (bicyclic) bond motifs is 1. The monoisotopic (exact) mass is 415 g/mol. The van der Waals surface area contributed by atoms with Gasteiger partial charge in [-0.25, -0.2) is 0 Å². The van der Waals surface area contributed by atoms with E-state index in [0.717, 1.165) is 24.0 Å². The number of anilines is 1. The minimum Gasteiger partial charge on any atom is -0.274 e. The molecule has 1 aliphatic heterocycles. The highest BCUT2D eigenvalue weighted by molar-refractivity contribution is 6.30. The Balaban J connectivity index is 1.60. The molecule has 0 radical (unpaired) electrons. The third-order valence-electron chi connectivity index (χ3n) is 6.59. The minimum absolute atomic E-state index is 0.0462. The van der Waals surface area contributed by atoms with Crippen molar-refractivity contribution in [2.75, 3.05) is 4.90 Å². The largest absolute Gasteiger partial charge is 0.274 e. The molecule has 30 heavy (non-hydrogen) atoms. The van der Waals surface area contributed by atoms with Crippen LogP contribution < -0.4 is 4.90 Å². The van der Waals surface area contributed by atoms with Gasteiger partial charge < -0.3 is 0 Å². The molecular weight excluding hydrogens is 394 g/mol. The fraction of sp³-hybridized carbons (Fsp3) is 0.231. The van der Waals surface area contributed by atoms with Gasteiger partial charge in [0, 0.05) is 5.02 Å². The number of carbonyl (C=O) groups excluding carboxylic acids is 2. The summed E-state index contributed by atoms with van der Waals surface area (Å²) in [4.78, 5) is 28.7. The van der Waals surface area contributed by atoms with E-state index in [1.54, 1.807) is 24.3 Å². The Morgan fingerprint density at radius 1 is 0.633 bits per heavy atom. The molecule has 1 saturated heterocycles. The molecule has 3 nitrogen and oxygen atoms in total. The Hall–Kier alpha value is -2.91. The molecular formula is C26H22ClNO2. The molecule has 4 heteroatoms. The maximum atomic E-state index is 13.7. The molecule has 0 unspecified atom stereocenters. The third-order valence-corrected chi connectivity index (χ3v) is 6.85. The summed E-state index contributed by atoms with van der Waals surface area (Å²) in [7, 11) is 0. The Labute approximate surface area is 181 Å². The van der Waals surface area contributed by atoms with Crippen molar-refractivity contribution in [3.05, 3.63) is 101 Å². The second-order valence-corrected chi connectivity index (χ2v) is 8.59. The van der Waals surface area contributed by atoms with Gasteiger partial charge in [-0.05, 0) is 60.1 Å². The van der Waals surface area contributed by atoms with Crippen LogP contribution in [0.2, 0.25) is 5.02 Å². The molecule has 3 aromatic rings. The van der Waals surface area contributed by atoms with Gasteiger partial charge in [0.25, 0.3) is 0 Å². The highest BCUT2D eigenvalue weighted by Crippen LogP contribution is 2.53. The van der Waals surface area contributed by atoms with Crippen LogP contribution in [0.5, 0.6) is 0 Å². The van der Waals surface area contributed by atoms with Crippen molar-refractivity contribution in [3.63, 3.8) is 0 Å². The van der Waals surface area contributed by atoms with Gasteiger partial charge >= 0.3 is 0 Å². The lowest BCUT2D eigenvalue weighted by molar-refractivity contribution is -0.122. The van der Waals surface area contributed by atoms with Gasteiger partial charge in [0.15, 0.2) is 0 Å². The first-order valence-electron chi connectivity index (χ1n) is 10.4. The molecule has 0 bridgehead atoms. The third kappa shape index (κ3) is 3.14. The summed E-state index contributed by atoms with van der Waals surface area (Å²) in [6.45, 7) is 0. The lowest BCUT2D eigenvalue weighted by Gasteiger charge is -2.37. The van der Waals surface area contributed by atoms with Gasteiger partial charge in [-0.2, -0.15) is 0 Å². The van der Waals surface area contributed by atoms with Gasteiger partial charge in [0.05, 0.1) is 17.5 Å². The van der Waals surface area contributed by atoms with Crippen LogP contribution in [0.3, 0.4) is 0 Å². The zero-order valence-electron chi connectivity index (χ0n) is 16.4. The fourth-order valence-corrected chi connectivity index (χ4v) is 5.40. The van der Waals surface area contributed by atoms with Gasteiger partial charge in [-0.1, -0.05) is 72.3 Å². The quantitative estimate of drug-likeness (QED) is 0.506. The molecule has 1 aliphatic carbocycles. The van der Waals surface area contributed by atoms with Gasteiger partial charge in [-0.3, -0.25) is 14.5 Å². The summed E-state index contributed by atoms with van der Waals surface area (Å²) < 4.78 is 0. The zero-order valence-corrected chi connectivity index (χ0v) is 17.2. The highest BCUT2D eigenvalue weighted by Gasteiger charge is 2.56. The van der Waals surface area contributed by atoms with Crippen molar-refractivity contribution in [2.24, 2.45) is 11.8 Å². The maximum absolute atomic E-state index is 13.7. The van der Waals surface area contributed by atoms with Crippen LogP contribution in [0.1, 0.15) is 35.8 Å². The van der Waals surface area contributed by atoms with E-state index in [1.807, 2.05) is 36.4 Å². The number of imide groups is 1. The second-order valence-electron chi connectivity index (χ2n) is 8.15. The lowest BCUT2D eigenvalue weighted by Crippen LogP contribution is -2.34. The second kappa shape index (κ2) is 7.73. The van der Waals surface area contributed by atoms with Crippen LogP contribution in [0.15, 0.2) is 84.9 Å². The van der Waals surface area contributed by atoms with Gasteiger partial charge in [0.1, 0.15) is 0 Å². The number of hydrogen-bond acceptors (Lipinski definition) is 2. The lowest BCUT2D eigenvalue weighted by atomic mass is 9.64. The summed E-state index contributed by atoms with van der Waals surface area (Å²) in [5.41, 5.74) is 2.87. The van der Waals surface area contributed by atoms with Crippen molar-refractivity contribution in [3.8, 4) is 0 Å². The predicted octanol–water partition coefficient (Wildman–Crippen LogP) is 5.81. The molecule has 2 amide bonds. The standard InChI is InChI=1S/C26H22ClNO2/c27-19-11-13-20(14-12-19)28-25(29)23-21(17-7-3-1-4-8-17)15-16-22(24(23)26(28)30)18-9-5-2-6-10-18/h1-14,21-24H,15-16H2/t21-,22+,23+,24-. The van der Waals surface area contributed by atoms with E-state index in [-0.39, 0.29) is 35.5 Å². The van der Waals surface area contributed by atoms with Gasteiger partial charge in [0.2, 0.25) is 11.8 Å². The first kappa shape index (κ1) is 19.1. The van der Waals surface area contributed by atoms with E-state index in [4.69, 9.17) is 11.6 Å². The average Bonchev–Trinajstić information content (AvgIpc) is 3.06. The Morgan fingerprint density at radius 2 is 1.07 bits per heavy atom. The Bertz CT molecular complexity index is 1000. The molecule has 0 aromatic heterocycles. The van der Waals surface area contributed by atoms with Crippen molar-refractivity contribution in [1.29, 1.82) is 0 Å². The summed E-state index contributed by atoms with van der Waals surface area (Å²) in [6, 6.07) is 27.3. The van der Waals surface area contributed by atoms with E-state index in [9.17, 15) is 9.59 Å². The molecule has 3 aromatic carbocycles. The number of benzene rings is 3. The number of rotatable bonds is 3. The maximum Gasteiger partial charge on any atom is 0.238 e. The number of carbonyl (C=O) groups is 2. The summed E-state index contributed by atoms with van der Waals surface area (Å²) >= 11 is 6.03. The number of amides is 2. The molecule has 2 fully saturated rings. The molecule has 0 N–H and O–H groups in total. The summed E-state index contributed by atoms with van der Waals surface area (Å²) in [6.07, 6.45) is 1.77. The number of nitrogens with zero attached hydrogens (tertiary/aromatic N) is 1. The topological polar surface area (TPSA) is 37.4 Å². The molecule has 4 atom stereocenters. The Morgan fingerprint density at radius 3 is 1.50 bits per heavy atom. The first-order valence-corrected chi connectivity index (χ1v) is 10.8. The number of hydrogen-bond donors (Lipinski definition) is 0. The molecule has 5 rings (SSSR count). The molecule has 2 aliphatic rings. The van der Waals surface area contributed by atoms with Crippen molar-refractivity contribution < 1.29 is 9.59 Å². The average molecular weight is 416 g/mol. The van der Waals surface area contributed by atoms with Crippen LogP contribution in [-0.4, -0.2) is 11.8 Å². The van der Waals surface area contributed by atoms with E-state index >= 15 is 0 Å². The summed E-state index contributed by atoms with van der Waals surface area (Å²) in [5, 5.41) is 0.583. The fourth-order valence-electron chi connectivity index (χ4n) is 5.27. The normalized spacial score (nSPS) is 26.0. The molecule has 150 valence electrons. The zero-order chi connectivity index (χ0) is 20.7. The van der Waals surface area contributed by atoms with Crippen LogP contribution in [0.4, 0.5) is 5.69 Å². The Kier molecular flexibility index (Phi) is 4.92. The van der Waals surface area contributed by atoms with Crippen LogP contribution in [0.25, 0.3) is 0 Å². The summed E-state index contributed by atoms with van der Waals surface area (Å²) in [5.74, 6) is -0.803. The smallest absolute Gasteiger partial charge is 0.238 e. The minimum atomic E-state index is -0.352. The van der Waals surface area contributed by atoms with E-state index < -0.39 is 0 Å². The van der Waals surface area contributed by atoms with Crippen LogP contribution in [0, 0.1) is 11.8 Å². The van der Waals surface area contributed by atoms with Crippen LogP contribution in [-0.2, 0) is 9.59 Å². The molecule has 1 saturated carbocycles. The van der Waals surface area contributed by atoms with E-state index in [1.165, 1.54) is 4.90 Å². The van der Waals surface area contributed by atoms with Gasteiger partial charge in [-0.15, -0.1) is 0 Å². The predicted molar refractivity (Wildman–Crippen MR) is 119 cm³/mol. The van der Waals surface area contributed by atoms with E-state index in [0.29, 0.717) is 10.7 Å².